The molecule has 6 heteroatoms. The standard InChI is InChI=1S/C24H26N2O3S/c1-3-21-11-7-8-12-23(21)25-24(27)18-26(17-20-9-5-4-6-10-20)30(28,29)22-15-13-19(2)14-16-22/h4-16H,3,17-18H2,1-2H3,(H,25,27). The van der Waals surface area contributed by atoms with Gasteiger partial charge in [0.25, 0.3) is 0 Å². The predicted octanol–water partition coefficient (Wildman–Crippen LogP) is 4.39. The number of sulfonamides is 1. The van der Waals surface area contributed by atoms with Crippen molar-refractivity contribution in [3.05, 3.63) is 95.6 Å². The maximum atomic E-state index is 13.3. The number of carbonyl (C=O) groups is 1. The van der Waals surface area contributed by atoms with E-state index >= 15 is 0 Å². The molecular weight excluding hydrogens is 396 g/mol. The summed E-state index contributed by atoms with van der Waals surface area (Å²) in [7, 11) is -3.85. The summed E-state index contributed by atoms with van der Waals surface area (Å²) in [4.78, 5) is 13.0. The Morgan fingerprint density at radius 1 is 0.900 bits per heavy atom. The van der Waals surface area contributed by atoms with Crippen molar-refractivity contribution in [2.45, 2.75) is 31.7 Å². The minimum atomic E-state index is -3.85. The lowest BCUT2D eigenvalue weighted by Gasteiger charge is -2.22. The largest absolute Gasteiger partial charge is 0.325 e. The van der Waals surface area contributed by atoms with Crippen molar-refractivity contribution in [1.82, 2.24) is 4.31 Å². The number of amides is 1. The van der Waals surface area contributed by atoms with Crippen molar-refractivity contribution in [2.24, 2.45) is 0 Å². The van der Waals surface area contributed by atoms with E-state index in [0.29, 0.717) is 5.69 Å². The zero-order valence-corrected chi connectivity index (χ0v) is 18.0. The zero-order valence-electron chi connectivity index (χ0n) is 17.2. The molecule has 0 unspecified atom stereocenters. The van der Waals surface area contributed by atoms with Crippen molar-refractivity contribution in [2.75, 3.05) is 11.9 Å². The summed E-state index contributed by atoms with van der Waals surface area (Å²) in [6.45, 7) is 3.74. The molecule has 156 valence electrons. The van der Waals surface area contributed by atoms with Crippen LogP contribution >= 0.6 is 0 Å². The monoisotopic (exact) mass is 422 g/mol. The van der Waals surface area contributed by atoms with Gasteiger partial charge in [-0.2, -0.15) is 4.31 Å². The molecule has 0 aliphatic carbocycles. The Kier molecular flexibility index (Phi) is 7.03. The first kappa shape index (κ1) is 21.7. The third kappa shape index (κ3) is 5.34. The van der Waals surface area contributed by atoms with E-state index in [4.69, 9.17) is 0 Å². The molecule has 0 heterocycles. The third-order valence-electron chi connectivity index (χ3n) is 4.85. The van der Waals surface area contributed by atoms with Crippen LogP contribution in [0.4, 0.5) is 5.69 Å². The van der Waals surface area contributed by atoms with E-state index in [1.807, 2.05) is 68.4 Å². The van der Waals surface area contributed by atoms with E-state index in [2.05, 4.69) is 5.32 Å². The highest BCUT2D eigenvalue weighted by molar-refractivity contribution is 7.89. The van der Waals surface area contributed by atoms with Gasteiger partial charge in [0, 0.05) is 12.2 Å². The highest BCUT2D eigenvalue weighted by Crippen LogP contribution is 2.20. The second kappa shape index (κ2) is 9.69. The van der Waals surface area contributed by atoms with Gasteiger partial charge in [0.1, 0.15) is 0 Å². The highest BCUT2D eigenvalue weighted by Gasteiger charge is 2.27. The average Bonchev–Trinajstić information content (AvgIpc) is 2.74. The Bertz CT molecular complexity index is 1090. The number of nitrogens with zero attached hydrogens (tertiary/aromatic N) is 1. The molecule has 0 atom stereocenters. The lowest BCUT2D eigenvalue weighted by atomic mass is 10.1. The van der Waals surface area contributed by atoms with Crippen LogP contribution in [0.25, 0.3) is 0 Å². The molecule has 0 aromatic heterocycles. The quantitative estimate of drug-likeness (QED) is 0.586. The molecule has 0 saturated carbocycles. The van der Waals surface area contributed by atoms with Crippen LogP contribution in [0.3, 0.4) is 0 Å². The van der Waals surface area contributed by atoms with Crippen LogP contribution < -0.4 is 5.32 Å². The van der Waals surface area contributed by atoms with Crippen LogP contribution in [0.15, 0.2) is 83.8 Å². The van der Waals surface area contributed by atoms with E-state index in [1.165, 1.54) is 4.31 Å². The number of hydrogen-bond acceptors (Lipinski definition) is 3. The number of benzene rings is 3. The number of carbonyl (C=O) groups excluding carboxylic acids is 1. The fraction of sp³-hybridized carbons (Fsp3) is 0.208. The molecule has 3 rings (SSSR count). The number of hydrogen-bond donors (Lipinski definition) is 1. The van der Waals surface area contributed by atoms with E-state index in [9.17, 15) is 13.2 Å². The normalized spacial score (nSPS) is 11.4. The maximum absolute atomic E-state index is 13.3. The van der Waals surface area contributed by atoms with Gasteiger partial charge in [-0.1, -0.05) is 73.2 Å². The fourth-order valence-electron chi connectivity index (χ4n) is 3.17. The SMILES string of the molecule is CCc1ccccc1NC(=O)CN(Cc1ccccc1)S(=O)(=O)c1ccc(C)cc1. The Balaban J connectivity index is 1.87. The van der Waals surface area contributed by atoms with Crippen molar-refractivity contribution in [3.63, 3.8) is 0 Å². The van der Waals surface area contributed by atoms with Crippen LogP contribution in [0, 0.1) is 6.92 Å². The highest BCUT2D eigenvalue weighted by atomic mass is 32.2. The molecule has 0 radical (unpaired) electrons. The summed E-state index contributed by atoms with van der Waals surface area (Å²) >= 11 is 0. The van der Waals surface area contributed by atoms with Crippen LogP contribution in [0.2, 0.25) is 0 Å². The summed E-state index contributed by atoms with van der Waals surface area (Å²) in [6.07, 6.45) is 0.770. The van der Waals surface area contributed by atoms with Crippen LogP contribution in [-0.2, 0) is 27.8 Å². The molecule has 0 spiro atoms. The van der Waals surface area contributed by atoms with Gasteiger partial charge >= 0.3 is 0 Å². The zero-order chi connectivity index (χ0) is 21.6. The summed E-state index contributed by atoms with van der Waals surface area (Å²) in [6, 6.07) is 23.5. The third-order valence-corrected chi connectivity index (χ3v) is 6.66. The minimum absolute atomic E-state index is 0.111. The van der Waals surface area contributed by atoms with E-state index in [1.54, 1.807) is 24.3 Å². The number of nitrogens with one attached hydrogen (secondary N) is 1. The lowest BCUT2D eigenvalue weighted by molar-refractivity contribution is -0.116. The first-order valence-corrected chi connectivity index (χ1v) is 11.3. The van der Waals surface area contributed by atoms with Gasteiger partial charge in [-0.05, 0) is 42.7 Å². The van der Waals surface area contributed by atoms with Gasteiger partial charge in [0.2, 0.25) is 15.9 Å². The summed E-state index contributed by atoms with van der Waals surface area (Å²) in [5, 5.41) is 2.87. The summed E-state index contributed by atoms with van der Waals surface area (Å²) in [5.41, 5.74) is 3.49. The maximum Gasteiger partial charge on any atom is 0.243 e. The molecule has 1 amide bonds. The molecule has 1 N–H and O–H groups in total. The van der Waals surface area contributed by atoms with Gasteiger partial charge in [-0.3, -0.25) is 4.79 Å². The Labute approximate surface area is 178 Å². The summed E-state index contributed by atoms with van der Waals surface area (Å²) < 4.78 is 27.8. The van der Waals surface area contributed by atoms with Gasteiger partial charge in [0.15, 0.2) is 0 Å². The van der Waals surface area contributed by atoms with Crippen molar-refractivity contribution in [3.8, 4) is 0 Å². The smallest absolute Gasteiger partial charge is 0.243 e. The lowest BCUT2D eigenvalue weighted by Crippen LogP contribution is -2.37. The minimum Gasteiger partial charge on any atom is -0.325 e. The Hall–Kier alpha value is -2.96. The second-order valence-electron chi connectivity index (χ2n) is 7.13. The summed E-state index contributed by atoms with van der Waals surface area (Å²) in [5.74, 6) is -0.373. The Morgan fingerprint density at radius 3 is 2.20 bits per heavy atom. The van der Waals surface area contributed by atoms with Crippen molar-refractivity contribution < 1.29 is 13.2 Å². The van der Waals surface area contributed by atoms with Crippen LogP contribution in [0.1, 0.15) is 23.6 Å². The van der Waals surface area contributed by atoms with Gasteiger partial charge in [0.05, 0.1) is 11.4 Å². The predicted molar refractivity (Wildman–Crippen MR) is 120 cm³/mol. The average molecular weight is 423 g/mol. The molecule has 0 bridgehead atoms. The number of aryl methyl sites for hydroxylation is 2. The molecule has 0 fully saturated rings. The first-order chi connectivity index (χ1) is 14.4. The molecule has 3 aromatic rings. The van der Waals surface area contributed by atoms with E-state index in [-0.39, 0.29) is 23.9 Å². The number of para-hydroxylation sites is 1. The number of rotatable bonds is 8. The van der Waals surface area contributed by atoms with Crippen LogP contribution in [0.5, 0.6) is 0 Å². The van der Waals surface area contributed by atoms with Crippen molar-refractivity contribution in [1.29, 1.82) is 0 Å². The molecule has 0 aliphatic heterocycles. The molecule has 30 heavy (non-hydrogen) atoms. The van der Waals surface area contributed by atoms with Gasteiger partial charge in [-0.25, -0.2) is 8.42 Å². The molecule has 0 saturated heterocycles. The van der Waals surface area contributed by atoms with E-state index in [0.717, 1.165) is 23.1 Å². The molecule has 5 nitrogen and oxygen atoms in total. The number of anilines is 1. The Morgan fingerprint density at radius 2 is 1.53 bits per heavy atom. The van der Waals surface area contributed by atoms with Gasteiger partial charge < -0.3 is 5.32 Å². The van der Waals surface area contributed by atoms with Crippen LogP contribution in [-0.4, -0.2) is 25.2 Å². The van der Waals surface area contributed by atoms with Crippen molar-refractivity contribution >= 4 is 21.6 Å². The second-order valence-corrected chi connectivity index (χ2v) is 9.07. The van der Waals surface area contributed by atoms with E-state index < -0.39 is 10.0 Å². The van der Waals surface area contributed by atoms with Gasteiger partial charge in [-0.15, -0.1) is 0 Å². The first-order valence-electron chi connectivity index (χ1n) is 9.88. The molecular formula is C24H26N2O3S. The topological polar surface area (TPSA) is 66.5 Å². The fourth-order valence-corrected chi connectivity index (χ4v) is 4.56. The molecule has 3 aromatic carbocycles. The molecule has 0 aliphatic rings.